The molecule has 0 saturated heterocycles. The molecule has 3 heteroatoms. The van der Waals surface area contributed by atoms with Crippen LogP contribution in [0.5, 0.6) is 0 Å². The van der Waals surface area contributed by atoms with Crippen LogP contribution >= 0.6 is 27.3 Å². The van der Waals surface area contributed by atoms with E-state index in [1.807, 2.05) is 0 Å². The average Bonchev–Trinajstić information content (AvgIpc) is 2.51. The summed E-state index contributed by atoms with van der Waals surface area (Å²) in [4.78, 5) is 1.26. The molecule has 0 aliphatic carbocycles. The minimum Gasteiger partial charge on any atom is -0.390 e. The van der Waals surface area contributed by atoms with Crippen molar-refractivity contribution in [1.82, 2.24) is 0 Å². The number of thiophene rings is 1. The van der Waals surface area contributed by atoms with Crippen LogP contribution in [-0.4, -0.2) is 10.7 Å². The normalized spacial score (nSPS) is 15.4. The van der Waals surface area contributed by atoms with Crippen LogP contribution in [0.15, 0.2) is 15.9 Å². The molecule has 0 saturated carbocycles. The van der Waals surface area contributed by atoms with Crippen molar-refractivity contribution >= 4 is 27.3 Å². The Morgan fingerprint density at radius 3 is 2.64 bits per heavy atom. The molecular weight excluding hydrogens is 260 g/mol. The van der Waals surface area contributed by atoms with Gasteiger partial charge in [0, 0.05) is 21.2 Å². The highest BCUT2D eigenvalue weighted by Gasteiger charge is 2.24. The largest absolute Gasteiger partial charge is 0.390 e. The van der Waals surface area contributed by atoms with E-state index < -0.39 is 5.60 Å². The van der Waals surface area contributed by atoms with Crippen molar-refractivity contribution in [2.24, 2.45) is 0 Å². The highest BCUT2D eigenvalue weighted by molar-refractivity contribution is 9.10. The Hall–Kier alpha value is 0.140. The number of halogens is 1. The summed E-state index contributed by atoms with van der Waals surface area (Å²) >= 11 is 5.14. The molecule has 0 aliphatic heterocycles. The molecule has 1 atom stereocenters. The van der Waals surface area contributed by atoms with Gasteiger partial charge in [-0.3, -0.25) is 0 Å². The summed E-state index contributed by atoms with van der Waals surface area (Å²) in [5.74, 6) is 0. The molecule has 1 heterocycles. The van der Waals surface area contributed by atoms with Crippen molar-refractivity contribution in [2.45, 2.75) is 45.1 Å². The highest BCUT2D eigenvalue weighted by Crippen LogP contribution is 2.28. The predicted molar refractivity (Wildman–Crippen MR) is 65.9 cm³/mol. The maximum atomic E-state index is 10.3. The van der Waals surface area contributed by atoms with E-state index in [0.29, 0.717) is 0 Å². The average molecular weight is 277 g/mol. The fraction of sp³-hybridized carbons (Fsp3) is 0.636. The van der Waals surface area contributed by atoms with Gasteiger partial charge >= 0.3 is 0 Å². The number of rotatable bonds is 5. The Balaban J connectivity index is 2.64. The third kappa shape index (κ3) is 3.37. The fourth-order valence-electron chi connectivity index (χ4n) is 1.63. The number of hydrogen-bond donors (Lipinski definition) is 1. The van der Waals surface area contributed by atoms with Crippen LogP contribution in [0.3, 0.4) is 0 Å². The van der Waals surface area contributed by atoms with Crippen LogP contribution in [0.4, 0.5) is 0 Å². The van der Waals surface area contributed by atoms with Gasteiger partial charge in [0.25, 0.3) is 0 Å². The molecule has 14 heavy (non-hydrogen) atoms. The van der Waals surface area contributed by atoms with Crippen LogP contribution in [0.2, 0.25) is 0 Å². The lowest BCUT2D eigenvalue weighted by Crippen LogP contribution is -2.29. The van der Waals surface area contributed by atoms with Crippen molar-refractivity contribution in [3.8, 4) is 0 Å². The van der Waals surface area contributed by atoms with Crippen LogP contribution in [-0.2, 0) is 6.42 Å². The summed E-state index contributed by atoms with van der Waals surface area (Å²) in [6.07, 6.45) is 3.54. The lowest BCUT2D eigenvalue weighted by atomic mass is 9.91. The van der Waals surface area contributed by atoms with Gasteiger partial charge in [0.2, 0.25) is 0 Å². The van der Waals surface area contributed by atoms with Crippen molar-refractivity contribution < 1.29 is 5.11 Å². The topological polar surface area (TPSA) is 20.2 Å². The summed E-state index contributed by atoms with van der Waals surface area (Å²) < 4.78 is 1.12. The van der Waals surface area contributed by atoms with E-state index in [9.17, 15) is 5.11 Å². The molecule has 0 amide bonds. The number of hydrogen-bond acceptors (Lipinski definition) is 2. The molecule has 0 fully saturated rings. The minimum absolute atomic E-state index is 0.501. The first kappa shape index (κ1) is 12.2. The van der Waals surface area contributed by atoms with Crippen LogP contribution in [0.25, 0.3) is 0 Å². The van der Waals surface area contributed by atoms with Crippen LogP contribution < -0.4 is 0 Å². The second-order valence-electron chi connectivity index (χ2n) is 3.74. The third-order valence-corrected chi connectivity index (χ3v) is 4.20. The van der Waals surface area contributed by atoms with Gasteiger partial charge in [0.05, 0.1) is 5.60 Å². The molecule has 0 aromatic carbocycles. The third-order valence-electron chi connectivity index (χ3n) is 2.50. The molecule has 1 aromatic rings. The van der Waals surface area contributed by atoms with Crippen molar-refractivity contribution in [2.75, 3.05) is 0 Å². The quantitative estimate of drug-likeness (QED) is 0.862. The summed E-state index contributed by atoms with van der Waals surface area (Å²) in [5.41, 5.74) is -0.501. The Morgan fingerprint density at radius 1 is 1.50 bits per heavy atom. The van der Waals surface area contributed by atoms with Crippen LogP contribution in [0, 0.1) is 0 Å². The van der Waals surface area contributed by atoms with Gasteiger partial charge in [0.1, 0.15) is 0 Å². The lowest BCUT2D eigenvalue weighted by Gasteiger charge is -2.25. The monoisotopic (exact) mass is 276 g/mol. The highest BCUT2D eigenvalue weighted by atomic mass is 79.9. The van der Waals surface area contributed by atoms with Gasteiger partial charge in [-0.15, -0.1) is 11.3 Å². The van der Waals surface area contributed by atoms with E-state index in [4.69, 9.17) is 0 Å². The van der Waals surface area contributed by atoms with E-state index in [2.05, 4.69) is 41.2 Å². The summed E-state index contributed by atoms with van der Waals surface area (Å²) in [5, 5.41) is 12.3. The van der Waals surface area contributed by atoms with Crippen molar-refractivity contribution in [3.63, 3.8) is 0 Å². The van der Waals surface area contributed by atoms with Gasteiger partial charge in [-0.25, -0.2) is 0 Å². The molecule has 0 spiro atoms. The molecule has 1 aromatic heterocycles. The molecule has 0 radical (unpaired) electrons. The van der Waals surface area contributed by atoms with Gasteiger partial charge in [-0.05, 0) is 34.8 Å². The SMILES string of the molecule is CCCC(O)(CC)Cc1cc(Br)cs1. The van der Waals surface area contributed by atoms with Gasteiger partial charge in [-0.1, -0.05) is 20.3 Å². The van der Waals surface area contributed by atoms with Gasteiger partial charge in [0.15, 0.2) is 0 Å². The molecule has 80 valence electrons. The zero-order valence-corrected chi connectivity index (χ0v) is 11.1. The standard InChI is InChI=1S/C11H17BrOS/c1-3-5-11(13,4-2)7-10-6-9(12)8-14-10/h6,8,13H,3-5,7H2,1-2H3. The number of aliphatic hydroxyl groups is 1. The zero-order valence-electron chi connectivity index (χ0n) is 8.72. The van der Waals surface area contributed by atoms with E-state index in [1.165, 1.54) is 4.88 Å². The Bertz CT molecular complexity index is 285. The Morgan fingerprint density at radius 2 is 2.21 bits per heavy atom. The van der Waals surface area contributed by atoms with E-state index in [1.54, 1.807) is 11.3 Å². The molecule has 0 aliphatic rings. The Labute approximate surface area is 98.3 Å². The minimum atomic E-state index is -0.501. The molecule has 1 rings (SSSR count). The summed E-state index contributed by atoms with van der Waals surface area (Å²) in [7, 11) is 0. The van der Waals surface area contributed by atoms with E-state index in [0.717, 1.165) is 30.2 Å². The maximum Gasteiger partial charge on any atom is 0.0693 e. The maximum absolute atomic E-state index is 10.3. The second-order valence-corrected chi connectivity index (χ2v) is 5.65. The van der Waals surface area contributed by atoms with Crippen LogP contribution in [0.1, 0.15) is 38.0 Å². The first-order valence-electron chi connectivity index (χ1n) is 5.05. The first-order valence-corrected chi connectivity index (χ1v) is 6.72. The molecule has 0 bridgehead atoms. The Kier molecular flexibility index (Phi) is 4.61. The molecule has 1 nitrogen and oxygen atoms in total. The van der Waals surface area contributed by atoms with Crippen molar-refractivity contribution in [3.05, 3.63) is 20.8 Å². The molecule has 1 N–H and O–H groups in total. The first-order chi connectivity index (χ1) is 6.59. The molecule has 1 unspecified atom stereocenters. The zero-order chi connectivity index (χ0) is 10.6. The lowest BCUT2D eigenvalue weighted by molar-refractivity contribution is 0.0278. The van der Waals surface area contributed by atoms with Gasteiger partial charge < -0.3 is 5.11 Å². The predicted octanol–water partition coefficient (Wildman–Crippen LogP) is 3.99. The summed E-state index contributed by atoms with van der Waals surface area (Å²) in [6, 6.07) is 2.10. The van der Waals surface area contributed by atoms with Gasteiger partial charge in [-0.2, -0.15) is 0 Å². The van der Waals surface area contributed by atoms with E-state index in [-0.39, 0.29) is 0 Å². The van der Waals surface area contributed by atoms with Crippen molar-refractivity contribution in [1.29, 1.82) is 0 Å². The van der Waals surface area contributed by atoms with E-state index >= 15 is 0 Å². The second kappa shape index (κ2) is 5.29. The molecular formula is C11H17BrOS. The summed E-state index contributed by atoms with van der Waals surface area (Å²) in [6.45, 7) is 4.17. The fourth-order valence-corrected chi connectivity index (χ4v) is 3.21. The smallest absolute Gasteiger partial charge is 0.0693 e.